The van der Waals surface area contributed by atoms with Crippen LogP contribution in [0.25, 0.3) is 0 Å². The van der Waals surface area contributed by atoms with Gasteiger partial charge in [0.1, 0.15) is 30.5 Å². The third kappa shape index (κ3) is 32.4. The van der Waals surface area contributed by atoms with Crippen molar-refractivity contribution in [1.82, 2.24) is 0 Å². The number of unbranched alkanes of at least 4 members (excludes halogenated alkanes) is 17. The molecule has 1 aliphatic rings. The Bertz CT molecular complexity index is 1140. The fraction of sp³-hybridized carbons (Fsp3) is 0.745. The summed E-state index contributed by atoms with van der Waals surface area (Å²) >= 11 is 0. The zero-order chi connectivity index (χ0) is 43.6. The van der Waals surface area contributed by atoms with Gasteiger partial charge in [0.15, 0.2) is 6.29 Å². The van der Waals surface area contributed by atoms with E-state index in [4.69, 9.17) is 18.9 Å². The summed E-state index contributed by atoms with van der Waals surface area (Å²) in [6.45, 7) is 4.37. The third-order valence-electron chi connectivity index (χ3n) is 10.6. The molecule has 0 aromatic rings. The molecule has 1 aliphatic heterocycles. The second-order valence-corrected chi connectivity index (χ2v) is 16.2. The van der Waals surface area contributed by atoms with Gasteiger partial charge in [0.05, 0.1) is 19.8 Å². The number of aliphatic hydroxyl groups is 4. The lowest BCUT2D eigenvalue weighted by atomic mass is 9.99. The van der Waals surface area contributed by atoms with E-state index >= 15 is 0 Å². The fourth-order valence-electron chi connectivity index (χ4n) is 6.85. The van der Waals surface area contributed by atoms with E-state index < -0.39 is 43.4 Å². The van der Waals surface area contributed by atoms with Crippen molar-refractivity contribution in [1.29, 1.82) is 0 Å². The molecule has 0 spiro atoms. The molecule has 4 N–H and O–H groups in total. The lowest BCUT2D eigenvalue weighted by molar-refractivity contribution is -0.305. The van der Waals surface area contributed by atoms with E-state index in [1.165, 1.54) is 70.6 Å². The molecular weight excluding hydrogens is 757 g/mol. The molecule has 6 atom stereocenters. The fourth-order valence-corrected chi connectivity index (χ4v) is 6.85. The van der Waals surface area contributed by atoms with E-state index in [0.717, 1.165) is 89.9 Å². The Labute approximate surface area is 366 Å². The number of hydrogen-bond donors (Lipinski definition) is 4. The first-order chi connectivity index (χ1) is 29.4. The van der Waals surface area contributed by atoms with Crippen molar-refractivity contribution in [2.75, 3.05) is 26.4 Å². The predicted molar refractivity (Wildman–Crippen MR) is 247 cm³/mol. The molecule has 0 radical (unpaired) electrons. The van der Waals surface area contributed by atoms with Crippen molar-refractivity contribution in [3.05, 3.63) is 72.9 Å². The predicted octanol–water partition coefficient (Wildman–Crippen LogP) is 11.3. The number of ether oxygens (including phenoxy) is 4. The molecule has 6 unspecified atom stereocenters. The van der Waals surface area contributed by atoms with Crippen molar-refractivity contribution in [2.45, 2.75) is 218 Å². The van der Waals surface area contributed by atoms with E-state index in [0.29, 0.717) is 13.0 Å². The summed E-state index contributed by atoms with van der Waals surface area (Å²) in [5.41, 5.74) is 0. The zero-order valence-electron chi connectivity index (χ0n) is 37.9. The Balaban J connectivity index is 2.18. The number of rotatable bonds is 40. The van der Waals surface area contributed by atoms with E-state index in [2.05, 4.69) is 86.8 Å². The monoisotopic (exact) mass is 845 g/mol. The maximum atomic E-state index is 12.7. The van der Waals surface area contributed by atoms with Crippen LogP contribution in [0.4, 0.5) is 0 Å². The lowest BCUT2D eigenvalue weighted by Crippen LogP contribution is -2.59. The Hall–Kier alpha value is -2.37. The van der Waals surface area contributed by atoms with Crippen molar-refractivity contribution in [3.63, 3.8) is 0 Å². The van der Waals surface area contributed by atoms with Gasteiger partial charge in [0.2, 0.25) is 0 Å². The highest BCUT2D eigenvalue weighted by molar-refractivity contribution is 5.69. The molecule has 0 aliphatic carbocycles. The van der Waals surface area contributed by atoms with Gasteiger partial charge in [-0.1, -0.05) is 170 Å². The van der Waals surface area contributed by atoms with E-state index in [1.807, 2.05) is 0 Å². The van der Waals surface area contributed by atoms with Gasteiger partial charge in [-0.25, -0.2) is 0 Å². The van der Waals surface area contributed by atoms with Crippen LogP contribution < -0.4 is 0 Å². The highest BCUT2D eigenvalue weighted by Gasteiger charge is 2.44. The Morgan fingerprint density at radius 2 is 1.02 bits per heavy atom. The molecule has 346 valence electrons. The molecule has 0 aromatic carbocycles. The molecule has 1 rings (SSSR count). The minimum absolute atomic E-state index is 0.121. The summed E-state index contributed by atoms with van der Waals surface area (Å²) in [5.74, 6) is -0.329. The quantitative estimate of drug-likeness (QED) is 0.0270. The Morgan fingerprint density at radius 3 is 1.55 bits per heavy atom. The van der Waals surface area contributed by atoms with Crippen LogP contribution in [0.1, 0.15) is 181 Å². The van der Waals surface area contributed by atoms with Crippen LogP contribution >= 0.6 is 0 Å². The van der Waals surface area contributed by atoms with Gasteiger partial charge in [-0.2, -0.15) is 0 Å². The van der Waals surface area contributed by atoms with Gasteiger partial charge in [-0.3, -0.25) is 4.79 Å². The van der Waals surface area contributed by atoms with Gasteiger partial charge in [-0.15, -0.1) is 0 Å². The molecule has 0 amide bonds. The van der Waals surface area contributed by atoms with Crippen LogP contribution in [0.15, 0.2) is 72.9 Å². The van der Waals surface area contributed by atoms with Crippen LogP contribution in [0.3, 0.4) is 0 Å². The first-order valence-corrected chi connectivity index (χ1v) is 24.0. The molecule has 1 fully saturated rings. The molecule has 1 saturated heterocycles. The first kappa shape index (κ1) is 55.6. The summed E-state index contributed by atoms with van der Waals surface area (Å²) in [7, 11) is 0. The normalized spacial score (nSPS) is 20.7. The minimum Gasteiger partial charge on any atom is -0.457 e. The van der Waals surface area contributed by atoms with Crippen molar-refractivity contribution in [2.24, 2.45) is 0 Å². The topological polar surface area (TPSA) is 135 Å². The smallest absolute Gasteiger partial charge is 0.306 e. The van der Waals surface area contributed by atoms with Gasteiger partial charge in [0.25, 0.3) is 0 Å². The minimum atomic E-state index is -1.54. The number of aliphatic hydroxyl groups excluding tert-OH is 4. The average Bonchev–Trinajstić information content (AvgIpc) is 3.25. The Kier molecular flexibility index (Phi) is 38.9. The highest BCUT2D eigenvalue weighted by Crippen LogP contribution is 2.22. The van der Waals surface area contributed by atoms with Crippen LogP contribution in [0, 0.1) is 0 Å². The van der Waals surface area contributed by atoms with Crippen molar-refractivity contribution >= 4 is 5.97 Å². The summed E-state index contributed by atoms with van der Waals surface area (Å²) in [6.07, 6.45) is 48.0. The number of allylic oxidation sites excluding steroid dienone is 12. The SMILES string of the molecule is CC/C=C\C/C=C\C/C=C\C/C=C\C/C=C\CCCCCCCCCCCCOCC(COC1OC(CO)C(O)C(O)C1O)OC(=O)CCCCCCC/C=C\CCCC. The van der Waals surface area contributed by atoms with Crippen LogP contribution in [-0.2, 0) is 23.7 Å². The molecule has 9 heteroatoms. The molecule has 0 saturated carbocycles. The lowest BCUT2D eigenvalue weighted by Gasteiger charge is -2.39. The second-order valence-electron chi connectivity index (χ2n) is 16.2. The van der Waals surface area contributed by atoms with E-state index in [-0.39, 0.29) is 19.2 Å². The third-order valence-corrected chi connectivity index (χ3v) is 10.6. The van der Waals surface area contributed by atoms with Crippen LogP contribution in [-0.4, -0.2) is 89.6 Å². The molecule has 0 aromatic heterocycles. The van der Waals surface area contributed by atoms with Crippen LogP contribution in [0.5, 0.6) is 0 Å². The molecule has 1 heterocycles. The average molecular weight is 845 g/mol. The largest absolute Gasteiger partial charge is 0.457 e. The van der Waals surface area contributed by atoms with Crippen molar-refractivity contribution < 1.29 is 44.2 Å². The number of carbonyl (C=O) groups is 1. The molecule has 0 bridgehead atoms. The second kappa shape index (κ2) is 42.0. The molecule has 9 nitrogen and oxygen atoms in total. The number of carbonyl (C=O) groups excluding carboxylic acids is 1. The highest BCUT2D eigenvalue weighted by atomic mass is 16.7. The van der Waals surface area contributed by atoms with E-state index in [9.17, 15) is 25.2 Å². The summed E-state index contributed by atoms with van der Waals surface area (Å²) in [6, 6.07) is 0. The van der Waals surface area contributed by atoms with E-state index in [1.54, 1.807) is 0 Å². The number of hydrogen-bond acceptors (Lipinski definition) is 9. The van der Waals surface area contributed by atoms with Crippen molar-refractivity contribution in [3.8, 4) is 0 Å². The maximum absolute atomic E-state index is 12.7. The van der Waals surface area contributed by atoms with Gasteiger partial charge in [0, 0.05) is 13.0 Å². The summed E-state index contributed by atoms with van der Waals surface area (Å²) in [5, 5.41) is 40.1. The number of esters is 1. The zero-order valence-corrected chi connectivity index (χ0v) is 37.9. The van der Waals surface area contributed by atoms with Gasteiger partial charge >= 0.3 is 5.97 Å². The molecule has 60 heavy (non-hydrogen) atoms. The molecular formula is C51H88O9. The Morgan fingerprint density at radius 1 is 0.550 bits per heavy atom. The van der Waals surface area contributed by atoms with Gasteiger partial charge in [-0.05, 0) is 77.0 Å². The summed E-state index contributed by atoms with van der Waals surface area (Å²) in [4.78, 5) is 12.7. The maximum Gasteiger partial charge on any atom is 0.306 e. The first-order valence-electron chi connectivity index (χ1n) is 24.0. The van der Waals surface area contributed by atoms with Crippen LogP contribution in [0.2, 0.25) is 0 Å². The standard InChI is InChI=1S/C51H88O9/c1-3-5-7-9-11-13-15-16-17-18-19-20-21-22-23-24-25-26-27-28-29-31-33-35-37-39-41-57-43-45(44-58-51-50(56)49(55)48(54)46(42-52)60-51)59-47(53)40-38-36-34-32-30-14-12-10-8-6-4-2/h5,7,10-13,16-17,19-20,22-23,45-46,48-52,54-56H,3-4,6,8-9,14-15,18,21,24-44H2,1-2H3/b7-5-,12-10-,13-11-,17-16-,20-19-,23-22-. The summed E-state index contributed by atoms with van der Waals surface area (Å²) < 4.78 is 22.8. The van der Waals surface area contributed by atoms with Gasteiger partial charge < -0.3 is 39.4 Å².